The summed E-state index contributed by atoms with van der Waals surface area (Å²) in [7, 11) is 0. The molecule has 8 heteroatoms. The molecule has 2 aromatic rings. The molecule has 1 aromatic carbocycles. The maximum atomic E-state index is 13.4. The summed E-state index contributed by atoms with van der Waals surface area (Å²) < 4.78 is 12.0. The van der Waals surface area contributed by atoms with Gasteiger partial charge in [-0.2, -0.15) is 0 Å². The SMILES string of the molecule is CC[C@H](C)C(OC(N)=O)C(=O)N1CCC[C@H]1c1[nH]c(-c2ccc(Br)cc2)c2c1COC2. The van der Waals surface area contributed by atoms with E-state index in [0.717, 1.165) is 45.4 Å². The Hall–Kier alpha value is -2.32. The molecule has 1 saturated heterocycles. The van der Waals surface area contributed by atoms with E-state index in [1.54, 1.807) is 0 Å². The van der Waals surface area contributed by atoms with Crippen molar-refractivity contribution < 1.29 is 19.1 Å². The quantitative estimate of drug-likeness (QED) is 0.616. The summed E-state index contributed by atoms with van der Waals surface area (Å²) in [6, 6.07) is 8.06. The summed E-state index contributed by atoms with van der Waals surface area (Å²) in [5.74, 6) is -0.291. The van der Waals surface area contributed by atoms with E-state index in [4.69, 9.17) is 15.2 Å². The van der Waals surface area contributed by atoms with Crippen LogP contribution in [0.4, 0.5) is 4.79 Å². The van der Waals surface area contributed by atoms with Gasteiger partial charge in [0, 0.05) is 33.8 Å². The Morgan fingerprint density at radius 1 is 1.29 bits per heavy atom. The first-order chi connectivity index (χ1) is 14.9. The van der Waals surface area contributed by atoms with E-state index < -0.39 is 12.2 Å². The number of likely N-dealkylation sites (tertiary alicyclic amines) is 1. The fourth-order valence-electron chi connectivity index (χ4n) is 4.57. The van der Waals surface area contributed by atoms with Gasteiger partial charge in [0.05, 0.1) is 24.9 Å². The molecule has 1 aromatic heterocycles. The lowest BCUT2D eigenvalue weighted by Gasteiger charge is -2.30. The number of carbonyl (C=O) groups is 2. The first-order valence-corrected chi connectivity index (χ1v) is 11.5. The lowest BCUT2D eigenvalue weighted by molar-refractivity contribution is -0.144. The van der Waals surface area contributed by atoms with E-state index in [1.165, 1.54) is 0 Å². The molecule has 2 aliphatic heterocycles. The van der Waals surface area contributed by atoms with Crippen LogP contribution >= 0.6 is 15.9 Å². The molecule has 0 saturated carbocycles. The summed E-state index contributed by atoms with van der Waals surface area (Å²) >= 11 is 3.49. The Labute approximate surface area is 190 Å². The van der Waals surface area contributed by atoms with E-state index in [2.05, 4.69) is 33.0 Å². The second-order valence-corrected chi connectivity index (χ2v) is 9.22. The molecule has 3 heterocycles. The second-order valence-electron chi connectivity index (χ2n) is 8.30. The number of benzene rings is 1. The molecule has 3 N–H and O–H groups in total. The van der Waals surface area contributed by atoms with Gasteiger partial charge in [-0.05, 0) is 37.0 Å². The number of fused-ring (bicyclic) bond motifs is 1. The highest BCUT2D eigenvalue weighted by Gasteiger charge is 2.40. The van der Waals surface area contributed by atoms with Crippen molar-refractivity contribution in [2.75, 3.05) is 6.54 Å². The summed E-state index contributed by atoms with van der Waals surface area (Å²) in [6.45, 7) is 5.58. The maximum Gasteiger partial charge on any atom is 0.405 e. The zero-order valence-electron chi connectivity index (χ0n) is 17.8. The summed E-state index contributed by atoms with van der Waals surface area (Å²) in [5.41, 5.74) is 10.7. The number of nitrogens with one attached hydrogen (secondary N) is 1. The number of amides is 2. The molecule has 0 spiro atoms. The number of carbonyl (C=O) groups excluding carboxylic acids is 2. The number of ether oxygens (including phenoxy) is 2. The lowest BCUT2D eigenvalue weighted by atomic mass is 9.99. The Balaban J connectivity index is 1.67. The third-order valence-electron chi connectivity index (χ3n) is 6.39. The second kappa shape index (κ2) is 9.04. The lowest BCUT2D eigenvalue weighted by Crippen LogP contribution is -2.45. The van der Waals surface area contributed by atoms with Crippen LogP contribution in [0.2, 0.25) is 0 Å². The molecule has 0 aliphatic carbocycles. The molecule has 166 valence electrons. The van der Waals surface area contributed by atoms with Crippen molar-refractivity contribution in [3.8, 4) is 11.3 Å². The van der Waals surface area contributed by atoms with Crippen molar-refractivity contribution in [1.29, 1.82) is 0 Å². The fourth-order valence-corrected chi connectivity index (χ4v) is 4.83. The minimum absolute atomic E-state index is 0.102. The first-order valence-electron chi connectivity index (χ1n) is 10.7. The van der Waals surface area contributed by atoms with E-state index >= 15 is 0 Å². The molecular weight excluding hydrogens is 462 g/mol. The normalized spacial score (nSPS) is 19.8. The Kier molecular flexibility index (Phi) is 6.39. The number of nitrogens with zero attached hydrogens (tertiary/aromatic N) is 1. The summed E-state index contributed by atoms with van der Waals surface area (Å²) in [5, 5.41) is 0. The van der Waals surface area contributed by atoms with Gasteiger partial charge in [-0.25, -0.2) is 4.79 Å². The van der Waals surface area contributed by atoms with Gasteiger partial charge >= 0.3 is 6.09 Å². The van der Waals surface area contributed by atoms with E-state index in [0.29, 0.717) is 26.2 Å². The van der Waals surface area contributed by atoms with Crippen molar-refractivity contribution in [2.24, 2.45) is 11.7 Å². The molecule has 0 radical (unpaired) electrons. The van der Waals surface area contributed by atoms with E-state index in [9.17, 15) is 9.59 Å². The largest absolute Gasteiger partial charge is 0.436 e. The maximum absolute atomic E-state index is 13.4. The van der Waals surface area contributed by atoms with Gasteiger partial charge in [-0.3, -0.25) is 4.79 Å². The molecule has 3 atom stereocenters. The number of aromatic nitrogens is 1. The van der Waals surface area contributed by atoms with Crippen LogP contribution in [0.1, 0.15) is 56.0 Å². The minimum Gasteiger partial charge on any atom is -0.436 e. The van der Waals surface area contributed by atoms with Crippen LogP contribution < -0.4 is 5.73 Å². The van der Waals surface area contributed by atoms with Crippen LogP contribution in [0.5, 0.6) is 0 Å². The number of hydrogen-bond donors (Lipinski definition) is 2. The van der Waals surface area contributed by atoms with Crippen LogP contribution in [0.25, 0.3) is 11.3 Å². The van der Waals surface area contributed by atoms with Gasteiger partial charge in [0.2, 0.25) is 0 Å². The predicted molar refractivity (Wildman–Crippen MR) is 120 cm³/mol. The van der Waals surface area contributed by atoms with Crippen LogP contribution in [0.3, 0.4) is 0 Å². The predicted octanol–water partition coefficient (Wildman–Crippen LogP) is 4.65. The number of H-pyrrole nitrogens is 1. The van der Waals surface area contributed by atoms with E-state index in [1.807, 2.05) is 30.9 Å². The average molecular weight is 490 g/mol. The third-order valence-corrected chi connectivity index (χ3v) is 6.92. The Morgan fingerprint density at radius 3 is 2.68 bits per heavy atom. The summed E-state index contributed by atoms with van der Waals surface area (Å²) in [4.78, 5) is 30.3. The fraction of sp³-hybridized carbons (Fsp3) is 0.478. The molecule has 2 amide bonds. The van der Waals surface area contributed by atoms with Crippen molar-refractivity contribution in [1.82, 2.24) is 9.88 Å². The van der Waals surface area contributed by atoms with Crippen LogP contribution in [-0.4, -0.2) is 34.5 Å². The van der Waals surface area contributed by atoms with Crippen molar-refractivity contribution in [3.05, 3.63) is 45.6 Å². The zero-order valence-corrected chi connectivity index (χ0v) is 19.4. The van der Waals surface area contributed by atoms with Gasteiger partial charge in [-0.15, -0.1) is 0 Å². The Bertz CT molecular complexity index is 972. The molecule has 31 heavy (non-hydrogen) atoms. The van der Waals surface area contributed by atoms with Crippen LogP contribution in [-0.2, 0) is 27.5 Å². The van der Waals surface area contributed by atoms with Gasteiger partial charge < -0.3 is 25.1 Å². The molecule has 4 rings (SSSR count). The number of aromatic amines is 1. The third kappa shape index (κ3) is 4.23. The Morgan fingerprint density at radius 2 is 2.00 bits per heavy atom. The highest BCUT2D eigenvalue weighted by Crippen LogP contribution is 2.41. The number of nitrogens with two attached hydrogens (primary N) is 1. The van der Waals surface area contributed by atoms with Crippen LogP contribution in [0, 0.1) is 5.92 Å². The van der Waals surface area contributed by atoms with E-state index in [-0.39, 0.29) is 17.9 Å². The van der Waals surface area contributed by atoms with Gasteiger partial charge in [0.15, 0.2) is 6.10 Å². The smallest absolute Gasteiger partial charge is 0.405 e. The van der Waals surface area contributed by atoms with Gasteiger partial charge in [0.1, 0.15) is 0 Å². The average Bonchev–Trinajstić information content (AvgIpc) is 3.48. The molecule has 7 nitrogen and oxygen atoms in total. The van der Waals surface area contributed by atoms with Crippen LogP contribution in [0.15, 0.2) is 28.7 Å². The molecular formula is C23H28BrN3O4. The number of halogens is 1. The number of hydrogen-bond acceptors (Lipinski definition) is 4. The summed E-state index contributed by atoms with van der Waals surface area (Å²) in [6.07, 6.45) is 0.668. The standard InChI is InChI=1S/C23H28BrN3O4/c1-3-13(2)21(31-23(25)29)22(28)27-10-4-5-18(27)20-17-12-30-11-16(17)19(26-20)14-6-8-15(24)9-7-14/h6-9,13,18,21,26H,3-5,10-12H2,1-2H3,(H2,25,29)/t13-,18-,21?/m0/s1. The topological polar surface area (TPSA) is 97.6 Å². The highest BCUT2D eigenvalue weighted by atomic mass is 79.9. The zero-order chi connectivity index (χ0) is 22.1. The highest BCUT2D eigenvalue weighted by molar-refractivity contribution is 9.10. The van der Waals surface area contributed by atoms with Gasteiger partial charge in [0.25, 0.3) is 5.91 Å². The minimum atomic E-state index is -0.916. The van der Waals surface area contributed by atoms with Gasteiger partial charge in [-0.1, -0.05) is 41.9 Å². The molecule has 0 bridgehead atoms. The monoisotopic (exact) mass is 489 g/mol. The molecule has 1 unspecified atom stereocenters. The molecule has 1 fully saturated rings. The number of rotatable bonds is 6. The van der Waals surface area contributed by atoms with Crippen molar-refractivity contribution >= 4 is 27.9 Å². The molecule has 2 aliphatic rings. The first kappa shape index (κ1) is 21.9. The number of primary amides is 1. The van der Waals surface area contributed by atoms with Crippen molar-refractivity contribution in [2.45, 2.75) is 58.5 Å². The van der Waals surface area contributed by atoms with Crippen molar-refractivity contribution in [3.63, 3.8) is 0 Å².